The van der Waals surface area contributed by atoms with E-state index in [1.165, 1.54) is 48.5 Å². The Labute approximate surface area is 174 Å². The second-order valence-electron chi connectivity index (χ2n) is 6.36. The number of nitrogens with two attached hydrogens (primary N) is 1. The lowest BCUT2D eigenvalue weighted by atomic mass is 10.2. The van der Waals surface area contributed by atoms with E-state index in [1.807, 2.05) is 18.2 Å². The summed E-state index contributed by atoms with van der Waals surface area (Å²) in [6.45, 7) is 0.121. The van der Waals surface area contributed by atoms with E-state index < -0.39 is 26.0 Å². The monoisotopic (exact) mass is 445 g/mol. The van der Waals surface area contributed by atoms with Gasteiger partial charge < -0.3 is 5.32 Å². The van der Waals surface area contributed by atoms with Crippen molar-refractivity contribution in [3.05, 3.63) is 90.0 Å². The first-order valence-corrected chi connectivity index (χ1v) is 11.8. The second-order valence-corrected chi connectivity index (χ2v) is 9.69. The lowest BCUT2D eigenvalue weighted by Crippen LogP contribution is -2.23. The van der Waals surface area contributed by atoms with E-state index in [1.54, 1.807) is 12.1 Å². The molecule has 4 N–H and O–H groups in total. The largest absolute Gasteiger partial charge is 0.322 e. The molecule has 3 aromatic carbocycles. The summed E-state index contributed by atoms with van der Waals surface area (Å²) < 4.78 is 50.2. The van der Waals surface area contributed by atoms with Gasteiger partial charge in [-0.2, -0.15) is 0 Å². The molecular formula is C20H19N3O5S2. The zero-order chi connectivity index (χ0) is 21.8. The molecule has 0 unspecified atom stereocenters. The summed E-state index contributed by atoms with van der Waals surface area (Å²) in [5.74, 6) is -0.543. The Balaban J connectivity index is 1.73. The first-order chi connectivity index (χ1) is 14.1. The summed E-state index contributed by atoms with van der Waals surface area (Å²) >= 11 is 0. The van der Waals surface area contributed by atoms with Gasteiger partial charge in [0.1, 0.15) is 0 Å². The van der Waals surface area contributed by atoms with Gasteiger partial charge in [-0.15, -0.1) is 0 Å². The highest BCUT2D eigenvalue weighted by molar-refractivity contribution is 7.89. The van der Waals surface area contributed by atoms with Crippen LogP contribution in [0.4, 0.5) is 5.69 Å². The van der Waals surface area contributed by atoms with Gasteiger partial charge in [-0.3, -0.25) is 4.79 Å². The maximum Gasteiger partial charge on any atom is 0.255 e. The lowest BCUT2D eigenvalue weighted by Gasteiger charge is -2.09. The van der Waals surface area contributed by atoms with Gasteiger partial charge in [0.05, 0.1) is 9.79 Å². The maximum atomic E-state index is 12.6. The van der Waals surface area contributed by atoms with E-state index in [0.29, 0.717) is 5.69 Å². The van der Waals surface area contributed by atoms with Gasteiger partial charge in [-0.25, -0.2) is 26.7 Å². The van der Waals surface area contributed by atoms with Crippen LogP contribution in [0, 0.1) is 0 Å². The number of anilines is 1. The predicted molar refractivity (Wildman–Crippen MR) is 113 cm³/mol. The third kappa shape index (κ3) is 5.51. The van der Waals surface area contributed by atoms with Crippen LogP contribution in [0.5, 0.6) is 0 Å². The molecule has 8 nitrogen and oxygen atoms in total. The van der Waals surface area contributed by atoms with Gasteiger partial charge in [-0.05, 0) is 48.0 Å². The normalized spacial score (nSPS) is 11.8. The first-order valence-electron chi connectivity index (χ1n) is 8.73. The predicted octanol–water partition coefficient (Wildman–Crippen LogP) is 2.06. The average Bonchev–Trinajstić information content (AvgIpc) is 2.73. The number of amides is 1. The van der Waals surface area contributed by atoms with E-state index in [-0.39, 0.29) is 21.9 Å². The highest BCUT2D eigenvalue weighted by Crippen LogP contribution is 2.16. The number of carbonyl (C=O) groups is 1. The van der Waals surface area contributed by atoms with Crippen molar-refractivity contribution in [1.29, 1.82) is 0 Å². The molecular weight excluding hydrogens is 426 g/mol. The van der Waals surface area contributed by atoms with Gasteiger partial charge in [0.15, 0.2) is 0 Å². The lowest BCUT2D eigenvalue weighted by molar-refractivity contribution is 0.102. The van der Waals surface area contributed by atoms with Gasteiger partial charge in [-0.1, -0.05) is 36.4 Å². The van der Waals surface area contributed by atoms with E-state index >= 15 is 0 Å². The zero-order valence-corrected chi connectivity index (χ0v) is 17.3. The second kappa shape index (κ2) is 8.76. The van der Waals surface area contributed by atoms with Crippen molar-refractivity contribution >= 4 is 31.6 Å². The molecule has 0 aliphatic rings. The number of hydrogen-bond acceptors (Lipinski definition) is 5. The van der Waals surface area contributed by atoms with Crippen molar-refractivity contribution in [3.8, 4) is 0 Å². The summed E-state index contributed by atoms with van der Waals surface area (Å²) in [7, 11) is -7.65. The van der Waals surface area contributed by atoms with Crippen molar-refractivity contribution in [3.63, 3.8) is 0 Å². The van der Waals surface area contributed by atoms with E-state index in [2.05, 4.69) is 10.0 Å². The number of carbonyl (C=O) groups excluding carboxylic acids is 1. The number of rotatable bonds is 7. The molecule has 0 radical (unpaired) electrons. The van der Waals surface area contributed by atoms with Crippen LogP contribution in [0.15, 0.2) is 88.7 Å². The third-order valence-corrected chi connectivity index (χ3v) is 6.48. The van der Waals surface area contributed by atoms with Crippen molar-refractivity contribution in [2.24, 2.45) is 5.14 Å². The fourth-order valence-electron chi connectivity index (χ4n) is 2.59. The van der Waals surface area contributed by atoms with Gasteiger partial charge in [0, 0.05) is 17.8 Å². The third-order valence-electron chi connectivity index (χ3n) is 4.16. The molecule has 10 heteroatoms. The molecule has 0 spiro atoms. The summed E-state index contributed by atoms with van der Waals surface area (Å²) in [6.07, 6.45) is 0. The molecule has 3 rings (SSSR count). The van der Waals surface area contributed by atoms with E-state index in [9.17, 15) is 21.6 Å². The standard InChI is InChI=1S/C20H19N3O5S2/c21-29(25,26)18-11-9-17(10-12-18)23-20(24)16-7-4-8-19(13-16)30(27,28)22-14-15-5-2-1-3-6-15/h1-13,22H,14H2,(H,23,24)(H2,21,25,26). The Morgan fingerprint density at radius 2 is 1.47 bits per heavy atom. The van der Waals surface area contributed by atoms with Crippen LogP contribution in [0.3, 0.4) is 0 Å². The quantitative estimate of drug-likeness (QED) is 0.512. The van der Waals surface area contributed by atoms with Crippen LogP contribution in [-0.2, 0) is 26.6 Å². The molecule has 0 atom stereocenters. The number of primary sulfonamides is 1. The topological polar surface area (TPSA) is 135 Å². The van der Waals surface area contributed by atoms with Gasteiger partial charge in [0.25, 0.3) is 5.91 Å². The van der Waals surface area contributed by atoms with Crippen molar-refractivity contribution in [1.82, 2.24) is 4.72 Å². The highest BCUT2D eigenvalue weighted by Gasteiger charge is 2.16. The molecule has 0 aliphatic heterocycles. The molecule has 0 heterocycles. The fourth-order valence-corrected chi connectivity index (χ4v) is 4.17. The average molecular weight is 446 g/mol. The minimum Gasteiger partial charge on any atom is -0.322 e. The highest BCUT2D eigenvalue weighted by atomic mass is 32.2. The number of benzene rings is 3. The minimum absolute atomic E-state index is 0.0457. The molecule has 0 saturated carbocycles. The molecule has 156 valence electrons. The summed E-state index contributed by atoms with van der Waals surface area (Å²) in [4.78, 5) is 12.4. The van der Waals surface area contributed by atoms with Crippen molar-refractivity contribution in [2.75, 3.05) is 5.32 Å². The van der Waals surface area contributed by atoms with Crippen LogP contribution in [0.2, 0.25) is 0 Å². The molecule has 0 aromatic heterocycles. The first kappa shape index (κ1) is 21.7. The molecule has 0 bridgehead atoms. The molecule has 3 aromatic rings. The molecule has 0 aliphatic carbocycles. The van der Waals surface area contributed by atoms with Crippen molar-refractivity contribution in [2.45, 2.75) is 16.3 Å². The Hall–Kier alpha value is -3.05. The number of sulfonamides is 2. The van der Waals surface area contributed by atoms with Crippen LogP contribution in [-0.4, -0.2) is 22.7 Å². The van der Waals surface area contributed by atoms with Crippen molar-refractivity contribution < 1.29 is 21.6 Å². The molecule has 0 fully saturated rings. The summed E-state index contributed by atoms with van der Waals surface area (Å²) in [5, 5.41) is 7.62. The smallest absolute Gasteiger partial charge is 0.255 e. The Bertz CT molecular complexity index is 1260. The Morgan fingerprint density at radius 1 is 0.800 bits per heavy atom. The Morgan fingerprint density at radius 3 is 2.10 bits per heavy atom. The fraction of sp³-hybridized carbons (Fsp3) is 0.0500. The van der Waals surface area contributed by atoms with Crippen LogP contribution in [0.25, 0.3) is 0 Å². The number of nitrogens with one attached hydrogen (secondary N) is 2. The molecule has 1 amide bonds. The SMILES string of the molecule is NS(=O)(=O)c1ccc(NC(=O)c2cccc(S(=O)(=O)NCc3ccccc3)c2)cc1. The Kier molecular flexibility index (Phi) is 6.32. The minimum atomic E-state index is -3.83. The summed E-state index contributed by atoms with van der Waals surface area (Å²) in [6, 6.07) is 20.0. The van der Waals surface area contributed by atoms with E-state index in [4.69, 9.17) is 5.14 Å². The van der Waals surface area contributed by atoms with Crippen LogP contribution < -0.4 is 15.2 Å². The van der Waals surface area contributed by atoms with Gasteiger partial charge in [0.2, 0.25) is 20.0 Å². The molecule has 0 saturated heterocycles. The zero-order valence-electron chi connectivity index (χ0n) is 15.6. The van der Waals surface area contributed by atoms with Gasteiger partial charge >= 0.3 is 0 Å². The number of hydrogen-bond donors (Lipinski definition) is 3. The van der Waals surface area contributed by atoms with E-state index in [0.717, 1.165) is 5.56 Å². The maximum absolute atomic E-state index is 12.6. The van der Waals surface area contributed by atoms with Crippen LogP contribution >= 0.6 is 0 Å². The van der Waals surface area contributed by atoms with Crippen LogP contribution in [0.1, 0.15) is 15.9 Å². The summed E-state index contributed by atoms with van der Waals surface area (Å²) in [5.41, 5.74) is 1.27. The molecule has 30 heavy (non-hydrogen) atoms.